The van der Waals surface area contributed by atoms with Crippen LogP contribution in [-0.4, -0.2) is 103 Å². The van der Waals surface area contributed by atoms with Crippen molar-refractivity contribution in [3.63, 3.8) is 0 Å². The summed E-state index contributed by atoms with van der Waals surface area (Å²) in [6.07, 6.45) is -9.87. The van der Waals surface area contributed by atoms with E-state index in [4.69, 9.17) is 0 Å². The van der Waals surface area contributed by atoms with Gasteiger partial charge in [-0.15, -0.1) is 0 Å². The molecule has 0 radical (unpaired) electrons. The van der Waals surface area contributed by atoms with E-state index in [0.717, 1.165) is 14.1 Å². The van der Waals surface area contributed by atoms with Gasteiger partial charge in [0.25, 0.3) is 5.91 Å². The predicted octanol–water partition coefficient (Wildman–Crippen LogP) is 1.66. The van der Waals surface area contributed by atoms with E-state index in [1.165, 1.54) is 0 Å². The molecule has 0 saturated carbocycles. The number of nitrogens with zero attached hydrogens (tertiary/aromatic N) is 1. The Labute approximate surface area is 190 Å². The van der Waals surface area contributed by atoms with E-state index in [-0.39, 0.29) is 0 Å². The van der Waals surface area contributed by atoms with Crippen LogP contribution in [0.15, 0.2) is 0 Å². The first-order valence-electron chi connectivity index (χ1n) is 8.76. The smallest absolute Gasteiger partial charge is 0.460 e. The lowest BCUT2D eigenvalue weighted by atomic mass is 9.91. The molecule has 2 N–H and O–H groups in total. The van der Waals surface area contributed by atoms with Crippen molar-refractivity contribution in [3.05, 3.63) is 0 Å². The molecule has 6 nitrogen and oxygen atoms in total. The van der Waals surface area contributed by atoms with Crippen molar-refractivity contribution in [3.8, 4) is 0 Å². The number of hydrogen-bond acceptors (Lipinski definition) is 4. The van der Waals surface area contributed by atoms with Crippen molar-refractivity contribution in [2.24, 2.45) is 0 Å². The van der Waals surface area contributed by atoms with Crippen LogP contribution in [0.1, 0.15) is 0 Å². The Bertz CT molecular complexity index is 826. The topological polar surface area (TPSA) is 89.5 Å². The van der Waals surface area contributed by atoms with Gasteiger partial charge in [-0.05, 0) is 0 Å². The minimum atomic E-state index is -8.53. The van der Waals surface area contributed by atoms with Crippen LogP contribution in [0.4, 0.5) is 65.9 Å². The Morgan fingerprint density at radius 3 is 1.47 bits per heavy atom. The summed E-state index contributed by atoms with van der Waals surface area (Å²) in [5, 5.41) is 20.7. The van der Waals surface area contributed by atoms with Crippen molar-refractivity contribution >= 4 is 11.9 Å². The lowest BCUT2D eigenvalue weighted by molar-refractivity contribution is -0.887. The Kier molecular flexibility index (Phi) is 9.02. The first-order chi connectivity index (χ1) is 15.4. The van der Waals surface area contributed by atoms with Gasteiger partial charge in [0.1, 0.15) is 19.2 Å². The minimum absolute atomic E-state index is 0.636. The third-order valence-electron chi connectivity index (χ3n) is 4.37. The van der Waals surface area contributed by atoms with Gasteiger partial charge in [0, 0.05) is 6.54 Å². The normalized spacial score (nSPS) is 16.1. The van der Waals surface area contributed by atoms with Crippen LogP contribution in [0.5, 0.6) is 0 Å². The fourth-order valence-electron chi connectivity index (χ4n) is 2.48. The summed E-state index contributed by atoms with van der Waals surface area (Å²) < 4.78 is 196. The predicted molar refractivity (Wildman–Crippen MR) is 81.6 cm³/mol. The molecule has 0 aliphatic rings. The van der Waals surface area contributed by atoms with Gasteiger partial charge in [-0.3, -0.25) is 4.79 Å². The zero-order valence-corrected chi connectivity index (χ0v) is 17.5. The second-order valence-corrected chi connectivity index (χ2v) is 7.96. The number of rotatable bonds is 12. The van der Waals surface area contributed by atoms with E-state index in [2.05, 4.69) is 0 Å². The average molecular weight is 572 g/mol. The Morgan fingerprint density at radius 2 is 1.11 bits per heavy atom. The monoisotopic (exact) mass is 572 g/mol. The number of aliphatic hydroxyl groups is 1. The van der Waals surface area contributed by atoms with Crippen molar-refractivity contribution in [2.75, 3.05) is 33.7 Å². The Morgan fingerprint density at radius 1 is 0.750 bits per heavy atom. The van der Waals surface area contributed by atoms with Crippen molar-refractivity contribution < 1.29 is 90.1 Å². The Hall–Kier alpha value is -2.19. The molecule has 0 aliphatic heterocycles. The van der Waals surface area contributed by atoms with Crippen LogP contribution in [-0.2, 0) is 9.59 Å². The maximum absolute atomic E-state index is 13.7. The van der Waals surface area contributed by atoms with Gasteiger partial charge in [0.2, 0.25) is 0 Å². The molecule has 0 rings (SSSR count). The second-order valence-electron chi connectivity index (χ2n) is 7.96. The SMILES string of the molecule is C[N+](C)(CC(=O)[O-])CC(O)CNC(=O)C(F)(F)C(F)(F)C(F)(F)C(F)(F)C(F)(F)C(F)(F)C(F)(F)F. The van der Waals surface area contributed by atoms with Crippen LogP contribution in [0, 0.1) is 0 Å². The number of amides is 1. The maximum Gasteiger partial charge on any atom is 0.460 e. The number of alkyl halides is 15. The van der Waals surface area contributed by atoms with Crippen LogP contribution in [0.25, 0.3) is 0 Å². The summed E-state index contributed by atoms with van der Waals surface area (Å²) in [7, 11) is 2.12. The maximum atomic E-state index is 13.7. The molecule has 0 aromatic rings. The third-order valence-corrected chi connectivity index (χ3v) is 4.37. The van der Waals surface area contributed by atoms with Gasteiger partial charge in [0.15, 0.2) is 0 Å². The average Bonchev–Trinajstić information content (AvgIpc) is 2.62. The molecular weight excluding hydrogens is 557 g/mol. The summed E-state index contributed by atoms with van der Waals surface area (Å²) in [6, 6.07) is 0. The second kappa shape index (κ2) is 9.60. The van der Waals surface area contributed by atoms with Gasteiger partial charge >= 0.3 is 41.7 Å². The van der Waals surface area contributed by atoms with Crippen LogP contribution < -0.4 is 10.4 Å². The highest BCUT2D eigenvalue weighted by Crippen LogP contribution is 2.62. The number of carboxylic acid groups (broad SMARTS) is 1. The number of carboxylic acids is 1. The molecular formula is C15H15F15N2O4. The quantitative estimate of drug-likeness (QED) is 0.275. The first-order valence-corrected chi connectivity index (χ1v) is 8.76. The molecule has 0 heterocycles. The standard InChI is InChI=1S/C15H15F15N2O4/c1-32(2,5-7(34)35)4-6(33)3-31-8(36)9(16,17)10(18,19)11(20,21)12(22,23)13(24,25)14(26,27)15(28,29)30/h6,33H,3-5H2,1-2H3,(H-,31,34,35,36). The zero-order chi connectivity index (χ0) is 29.6. The number of aliphatic hydroxyl groups excluding tert-OH is 1. The molecule has 0 bridgehead atoms. The molecule has 0 aliphatic carbocycles. The molecule has 0 spiro atoms. The lowest BCUT2D eigenvalue weighted by Gasteiger charge is -2.41. The molecule has 1 amide bonds. The number of hydrogen-bond donors (Lipinski definition) is 2. The van der Waals surface area contributed by atoms with Crippen molar-refractivity contribution in [2.45, 2.75) is 47.8 Å². The van der Waals surface area contributed by atoms with Gasteiger partial charge in [-0.1, -0.05) is 0 Å². The largest absolute Gasteiger partial charge is 0.544 e. The summed E-state index contributed by atoms with van der Waals surface area (Å²) in [5.74, 6) is -54.1. The molecule has 0 aromatic carbocycles. The summed E-state index contributed by atoms with van der Waals surface area (Å²) in [5.41, 5.74) is 0. The fourth-order valence-corrected chi connectivity index (χ4v) is 2.48. The molecule has 0 aromatic heterocycles. The van der Waals surface area contributed by atoms with Gasteiger partial charge < -0.3 is 24.8 Å². The van der Waals surface area contributed by atoms with E-state index in [9.17, 15) is 85.7 Å². The molecule has 0 saturated heterocycles. The number of aliphatic carboxylic acids is 1. The van der Waals surface area contributed by atoms with Crippen molar-refractivity contribution in [1.82, 2.24) is 5.32 Å². The summed E-state index contributed by atoms with van der Waals surface area (Å²) in [4.78, 5) is 21.8. The number of quaternary nitrogens is 1. The molecule has 36 heavy (non-hydrogen) atoms. The first kappa shape index (κ1) is 33.8. The van der Waals surface area contributed by atoms with E-state index in [0.29, 0.717) is 5.32 Å². The highest BCUT2D eigenvalue weighted by molar-refractivity contribution is 5.84. The number of halogens is 15. The molecule has 21 heteroatoms. The number of carbonyl (C=O) groups is 2. The summed E-state index contributed by atoms with van der Waals surface area (Å²) in [6.45, 7) is -3.25. The van der Waals surface area contributed by atoms with Gasteiger partial charge in [-0.25, -0.2) is 0 Å². The van der Waals surface area contributed by atoms with E-state index in [1.54, 1.807) is 0 Å². The molecule has 1 atom stereocenters. The van der Waals surface area contributed by atoms with E-state index in [1.807, 2.05) is 0 Å². The summed E-state index contributed by atoms with van der Waals surface area (Å²) >= 11 is 0. The van der Waals surface area contributed by atoms with Gasteiger partial charge in [-0.2, -0.15) is 65.9 Å². The highest BCUT2D eigenvalue weighted by Gasteiger charge is 2.94. The zero-order valence-electron chi connectivity index (χ0n) is 17.5. The minimum Gasteiger partial charge on any atom is -0.544 e. The van der Waals surface area contributed by atoms with E-state index < -0.39 is 83.8 Å². The van der Waals surface area contributed by atoms with Crippen LogP contribution in [0.2, 0.25) is 0 Å². The van der Waals surface area contributed by atoms with Crippen LogP contribution in [0.3, 0.4) is 0 Å². The molecule has 214 valence electrons. The number of carbonyl (C=O) groups excluding carboxylic acids is 2. The van der Waals surface area contributed by atoms with Crippen LogP contribution >= 0.6 is 0 Å². The third kappa shape index (κ3) is 5.70. The lowest BCUT2D eigenvalue weighted by Crippen LogP contribution is -2.74. The molecule has 0 fully saturated rings. The molecule has 1 unspecified atom stereocenters. The van der Waals surface area contributed by atoms with Crippen molar-refractivity contribution in [1.29, 1.82) is 0 Å². The fraction of sp³-hybridized carbons (Fsp3) is 0.867. The van der Waals surface area contributed by atoms with Gasteiger partial charge in [0.05, 0.1) is 20.1 Å². The Balaban J connectivity index is 6.03. The number of nitrogens with one attached hydrogen (secondary N) is 1. The van der Waals surface area contributed by atoms with E-state index >= 15 is 0 Å². The number of likely N-dealkylation sites (N-methyl/N-ethyl adjacent to an activating group) is 1. The highest BCUT2D eigenvalue weighted by atomic mass is 19.4.